The number of hydrogen-bond donors (Lipinski definition) is 2. The Bertz CT molecular complexity index is 582. The van der Waals surface area contributed by atoms with Gasteiger partial charge in [0.2, 0.25) is 0 Å². The van der Waals surface area contributed by atoms with E-state index in [0.717, 1.165) is 42.5 Å². The van der Waals surface area contributed by atoms with Gasteiger partial charge in [0.15, 0.2) is 0 Å². The van der Waals surface area contributed by atoms with E-state index in [2.05, 4.69) is 15.5 Å². The van der Waals surface area contributed by atoms with Crippen LogP contribution in [0.1, 0.15) is 12.0 Å². The van der Waals surface area contributed by atoms with Gasteiger partial charge in [-0.2, -0.15) is 11.8 Å². The maximum atomic E-state index is 11.9. The summed E-state index contributed by atoms with van der Waals surface area (Å²) in [5.74, 6) is 1.70. The quantitative estimate of drug-likeness (QED) is 0.417. The Balaban J connectivity index is 0.00000364. The molecule has 144 valence electrons. The van der Waals surface area contributed by atoms with Crippen LogP contribution in [0.4, 0.5) is 4.79 Å². The number of benzene rings is 1. The summed E-state index contributed by atoms with van der Waals surface area (Å²) in [7, 11) is 1.59. The van der Waals surface area contributed by atoms with E-state index >= 15 is 0 Å². The van der Waals surface area contributed by atoms with Gasteiger partial charge in [0.05, 0.1) is 19.1 Å². The smallest absolute Gasteiger partial charge is 0.548 e. The molecular weight excluding hydrogens is 393 g/mol. The number of methoxy groups -OCH3 is 1. The van der Waals surface area contributed by atoms with Crippen molar-refractivity contribution < 1.29 is 70.8 Å². The van der Waals surface area contributed by atoms with Crippen LogP contribution in [0.2, 0.25) is 0 Å². The molecule has 2 amide bonds. The molecule has 0 bridgehead atoms. The van der Waals surface area contributed by atoms with Gasteiger partial charge in [0.1, 0.15) is 5.75 Å². The number of ether oxygens (including phenoxy) is 1. The monoisotopic (exact) mass is 419 g/mol. The van der Waals surface area contributed by atoms with Crippen molar-refractivity contribution in [1.29, 1.82) is 0 Å². The van der Waals surface area contributed by atoms with E-state index in [9.17, 15) is 14.7 Å². The van der Waals surface area contributed by atoms with E-state index in [1.807, 2.05) is 36.0 Å². The van der Waals surface area contributed by atoms with Gasteiger partial charge >= 0.3 is 57.4 Å². The second-order valence-corrected chi connectivity index (χ2v) is 7.34. The summed E-state index contributed by atoms with van der Waals surface area (Å²) in [6, 6.07) is 5.90. The topological polar surface area (TPSA) is 93.7 Å². The van der Waals surface area contributed by atoms with Crippen LogP contribution < -0.4 is 71.9 Å². The number of carbonyl (C=O) groups is 2. The Morgan fingerprint density at radius 1 is 1.26 bits per heavy atom. The van der Waals surface area contributed by atoms with Crippen LogP contribution in [0.5, 0.6) is 5.75 Å². The van der Waals surface area contributed by atoms with Crippen LogP contribution in [0.25, 0.3) is 0 Å². The van der Waals surface area contributed by atoms with E-state index in [1.165, 1.54) is 0 Å². The minimum Gasteiger partial charge on any atom is -0.548 e. The Morgan fingerprint density at radius 3 is 2.52 bits per heavy atom. The molecule has 0 aliphatic carbocycles. The molecule has 1 unspecified atom stereocenters. The largest absolute Gasteiger partial charge is 1.00 e. The first-order valence-electron chi connectivity index (χ1n) is 8.76. The summed E-state index contributed by atoms with van der Waals surface area (Å²) in [6.45, 7) is 3.32. The number of thioether (sulfide) groups is 1. The molecule has 7 nitrogen and oxygen atoms in total. The number of urea groups is 1. The minimum absolute atomic E-state index is 0. The molecule has 1 aromatic carbocycles. The fourth-order valence-corrected chi connectivity index (χ4v) is 3.69. The predicted molar refractivity (Wildman–Crippen MR) is 100 cm³/mol. The van der Waals surface area contributed by atoms with Gasteiger partial charge in [-0.25, -0.2) is 4.79 Å². The summed E-state index contributed by atoms with van der Waals surface area (Å²) in [5, 5.41) is 16.5. The number of nitrogens with one attached hydrogen (secondary N) is 2. The third kappa shape index (κ3) is 9.64. The molecule has 1 fully saturated rings. The zero-order valence-corrected chi connectivity index (χ0v) is 20.0. The fraction of sp³-hybridized carbons (Fsp3) is 0.556. The minimum atomic E-state index is -1.28. The van der Waals surface area contributed by atoms with Crippen LogP contribution in [-0.2, 0) is 11.2 Å². The van der Waals surface area contributed by atoms with E-state index in [4.69, 9.17) is 4.74 Å². The molecule has 1 aromatic rings. The molecule has 0 saturated carbocycles. The Hall–Kier alpha value is -0.294. The number of amides is 2. The van der Waals surface area contributed by atoms with E-state index < -0.39 is 18.0 Å². The predicted octanol–water partition coefficient (Wildman–Crippen LogP) is -2.90. The molecule has 1 aliphatic heterocycles. The molecule has 0 radical (unpaired) electrons. The van der Waals surface area contributed by atoms with Crippen molar-refractivity contribution in [2.75, 3.05) is 44.8 Å². The third-order valence-corrected chi connectivity index (χ3v) is 5.23. The van der Waals surface area contributed by atoms with Crippen molar-refractivity contribution in [3.63, 3.8) is 0 Å². The van der Waals surface area contributed by atoms with E-state index in [-0.39, 0.29) is 57.8 Å². The van der Waals surface area contributed by atoms with Crippen LogP contribution >= 0.6 is 11.8 Å². The van der Waals surface area contributed by atoms with Crippen LogP contribution in [-0.4, -0.2) is 67.7 Å². The van der Waals surface area contributed by atoms with E-state index in [1.54, 1.807) is 7.11 Å². The number of carbonyl (C=O) groups excluding carboxylic acids is 2. The van der Waals surface area contributed by atoms with Gasteiger partial charge in [-0.05, 0) is 30.5 Å². The van der Waals surface area contributed by atoms with Gasteiger partial charge in [0.25, 0.3) is 0 Å². The maximum absolute atomic E-state index is 11.9. The number of carboxylic acid groups (broad SMARTS) is 1. The summed E-state index contributed by atoms with van der Waals surface area (Å²) >= 11 is 1.94. The molecule has 1 saturated heterocycles. The average Bonchev–Trinajstić information content (AvgIpc) is 2.66. The second-order valence-electron chi connectivity index (χ2n) is 6.11. The Labute approximate surface area is 207 Å². The number of hydrogen-bond acceptors (Lipinski definition) is 6. The van der Waals surface area contributed by atoms with Crippen LogP contribution in [0.3, 0.4) is 0 Å². The van der Waals surface area contributed by atoms with Crippen molar-refractivity contribution >= 4 is 23.8 Å². The fourth-order valence-electron chi connectivity index (χ4n) is 2.71. The van der Waals surface area contributed by atoms with Gasteiger partial charge in [-0.1, -0.05) is 12.1 Å². The number of aryl methyl sites for hydroxylation is 1. The first-order chi connectivity index (χ1) is 12.6. The summed E-state index contributed by atoms with van der Waals surface area (Å²) in [4.78, 5) is 25.5. The van der Waals surface area contributed by atoms with Crippen LogP contribution in [0, 0.1) is 0 Å². The Morgan fingerprint density at radius 2 is 1.93 bits per heavy atom. The first-order valence-corrected chi connectivity index (χ1v) is 9.92. The molecule has 2 N–H and O–H groups in total. The van der Waals surface area contributed by atoms with Crippen molar-refractivity contribution in [2.45, 2.75) is 18.9 Å². The molecular formula is C18H26KN3O4S. The molecule has 1 atom stereocenters. The standard InChI is InChI=1S/C18H27N3O4S.K/c1-25-15-5-2-14(3-6-15)4-7-16(17(22)23)20-18(24)19-8-9-21-10-12-26-13-11-21;/h2-3,5-6,16H,4,7-13H2,1H3,(H,22,23)(H2,19,20,24);/q;+1/p-1. The summed E-state index contributed by atoms with van der Waals surface area (Å²) in [5.41, 5.74) is 0.974. The zero-order valence-electron chi connectivity index (χ0n) is 16.0. The second kappa shape index (κ2) is 13.8. The summed E-state index contributed by atoms with van der Waals surface area (Å²) < 4.78 is 5.09. The molecule has 0 aromatic heterocycles. The van der Waals surface area contributed by atoms with Gasteiger partial charge < -0.3 is 25.3 Å². The molecule has 27 heavy (non-hydrogen) atoms. The zero-order chi connectivity index (χ0) is 18.8. The SMILES string of the molecule is COc1ccc(CCC(NC(=O)NCCN2CCSCC2)C(=O)[O-])cc1.[K+]. The Kier molecular flexibility index (Phi) is 12.7. The molecule has 0 spiro atoms. The number of rotatable bonds is 9. The normalized spacial score (nSPS) is 15.3. The van der Waals surface area contributed by atoms with E-state index in [0.29, 0.717) is 13.0 Å². The van der Waals surface area contributed by atoms with Crippen molar-refractivity contribution in [3.05, 3.63) is 29.8 Å². The first kappa shape index (κ1) is 24.7. The van der Waals surface area contributed by atoms with Crippen LogP contribution in [0.15, 0.2) is 24.3 Å². The number of carboxylic acids is 1. The van der Waals surface area contributed by atoms with Gasteiger partial charge in [0, 0.05) is 37.7 Å². The summed E-state index contributed by atoms with van der Waals surface area (Å²) in [6.07, 6.45) is 0.791. The van der Waals surface area contributed by atoms with Crippen molar-refractivity contribution in [2.24, 2.45) is 0 Å². The molecule has 2 rings (SSSR count). The van der Waals surface area contributed by atoms with Crippen molar-refractivity contribution in [3.8, 4) is 5.75 Å². The van der Waals surface area contributed by atoms with Crippen molar-refractivity contribution in [1.82, 2.24) is 15.5 Å². The molecule has 1 heterocycles. The average molecular weight is 420 g/mol. The molecule has 9 heteroatoms. The number of aliphatic carboxylic acids is 1. The maximum Gasteiger partial charge on any atom is 1.00 e. The van der Waals surface area contributed by atoms with Gasteiger partial charge in [-0.3, -0.25) is 4.90 Å². The number of nitrogens with zero attached hydrogens (tertiary/aromatic N) is 1. The molecule has 1 aliphatic rings. The van der Waals surface area contributed by atoms with Gasteiger partial charge in [-0.15, -0.1) is 0 Å². The third-order valence-electron chi connectivity index (χ3n) is 4.29.